The topological polar surface area (TPSA) is 84.3 Å². The Bertz CT molecular complexity index is 1200. The van der Waals surface area contributed by atoms with Gasteiger partial charge in [-0.3, -0.25) is 9.36 Å². The fourth-order valence-electron chi connectivity index (χ4n) is 3.16. The zero-order chi connectivity index (χ0) is 23.5. The number of hydrogen-bond acceptors (Lipinski definition) is 5. The van der Waals surface area contributed by atoms with Crippen molar-refractivity contribution in [1.29, 1.82) is 0 Å². The average molecular weight is 473 g/mol. The summed E-state index contributed by atoms with van der Waals surface area (Å²) >= 11 is 1.35. The molecular weight excluding hydrogens is 444 g/mol. The van der Waals surface area contributed by atoms with Crippen molar-refractivity contribution in [1.82, 2.24) is 13.9 Å². The van der Waals surface area contributed by atoms with Crippen LogP contribution < -0.4 is 5.32 Å². The molecule has 7 nitrogen and oxygen atoms in total. The molecule has 0 aliphatic carbocycles. The van der Waals surface area contributed by atoms with E-state index in [1.807, 2.05) is 29.0 Å². The van der Waals surface area contributed by atoms with Crippen LogP contribution in [0.4, 0.5) is 5.69 Å². The van der Waals surface area contributed by atoms with Crippen LogP contribution in [0.1, 0.15) is 32.3 Å². The first-order chi connectivity index (χ1) is 15.1. The van der Waals surface area contributed by atoms with Gasteiger partial charge in [-0.15, -0.1) is 0 Å². The van der Waals surface area contributed by atoms with Crippen LogP contribution in [0.2, 0.25) is 0 Å². The zero-order valence-electron chi connectivity index (χ0n) is 18.8. The average Bonchev–Trinajstić information content (AvgIpc) is 3.21. The number of anilines is 1. The molecule has 0 saturated carbocycles. The highest BCUT2D eigenvalue weighted by Crippen LogP contribution is 2.29. The molecule has 170 valence electrons. The van der Waals surface area contributed by atoms with Crippen molar-refractivity contribution in [3.63, 3.8) is 0 Å². The van der Waals surface area contributed by atoms with E-state index < -0.39 is 15.3 Å². The highest BCUT2D eigenvalue weighted by atomic mass is 32.2. The van der Waals surface area contributed by atoms with Gasteiger partial charge in [0, 0.05) is 32.2 Å². The van der Waals surface area contributed by atoms with Gasteiger partial charge in [-0.1, -0.05) is 49.9 Å². The lowest BCUT2D eigenvalue weighted by molar-refractivity contribution is -0.115. The molecule has 0 bridgehead atoms. The SMILES string of the molecule is CC(Sc1nccn1-c1ccccc1C(C)C)C(=O)Nc1cccc(S(=O)(=O)N(C)C)c1. The summed E-state index contributed by atoms with van der Waals surface area (Å²) in [4.78, 5) is 17.4. The van der Waals surface area contributed by atoms with Gasteiger partial charge in [0.1, 0.15) is 0 Å². The van der Waals surface area contributed by atoms with E-state index in [2.05, 4.69) is 30.2 Å². The summed E-state index contributed by atoms with van der Waals surface area (Å²) in [7, 11) is -0.638. The molecule has 1 heterocycles. The van der Waals surface area contributed by atoms with Crippen LogP contribution in [-0.2, 0) is 14.8 Å². The minimum atomic E-state index is -3.58. The highest BCUT2D eigenvalue weighted by molar-refractivity contribution is 8.00. The van der Waals surface area contributed by atoms with Crippen molar-refractivity contribution in [2.75, 3.05) is 19.4 Å². The molecule has 0 spiro atoms. The third kappa shape index (κ3) is 5.23. The summed E-state index contributed by atoms with van der Waals surface area (Å²) in [6.07, 6.45) is 3.61. The molecule has 1 N–H and O–H groups in total. The van der Waals surface area contributed by atoms with E-state index in [4.69, 9.17) is 0 Å². The Labute approximate surface area is 193 Å². The van der Waals surface area contributed by atoms with Crippen LogP contribution in [0.25, 0.3) is 5.69 Å². The van der Waals surface area contributed by atoms with E-state index in [9.17, 15) is 13.2 Å². The summed E-state index contributed by atoms with van der Waals surface area (Å²) in [6.45, 7) is 6.08. The largest absolute Gasteiger partial charge is 0.325 e. The Morgan fingerprint density at radius 2 is 1.81 bits per heavy atom. The maximum absolute atomic E-state index is 12.8. The number of sulfonamides is 1. The van der Waals surface area contributed by atoms with Gasteiger partial charge in [0.2, 0.25) is 15.9 Å². The monoisotopic (exact) mass is 472 g/mol. The minimum Gasteiger partial charge on any atom is -0.325 e. The third-order valence-corrected chi connectivity index (χ3v) is 7.85. The fourth-order valence-corrected chi connectivity index (χ4v) is 4.98. The van der Waals surface area contributed by atoms with Crippen LogP contribution in [-0.4, -0.2) is 47.5 Å². The quantitative estimate of drug-likeness (QED) is 0.492. The molecule has 2 aromatic carbocycles. The number of nitrogens with one attached hydrogen (secondary N) is 1. The van der Waals surface area contributed by atoms with Crippen molar-refractivity contribution in [3.05, 3.63) is 66.5 Å². The van der Waals surface area contributed by atoms with Crippen molar-refractivity contribution >= 4 is 33.4 Å². The first kappa shape index (κ1) is 24.0. The van der Waals surface area contributed by atoms with E-state index in [0.29, 0.717) is 16.8 Å². The van der Waals surface area contributed by atoms with E-state index in [0.717, 1.165) is 9.99 Å². The molecule has 3 aromatic rings. The Morgan fingerprint density at radius 3 is 2.50 bits per heavy atom. The van der Waals surface area contributed by atoms with Gasteiger partial charge in [-0.05, 0) is 42.7 Å². The second-order valence-electron chi connectivity index (χ2n) is 7.86. The predicted molar refractivity (Wildman–Crippen MR) is 129 cm³/mol. The van der Waals surface area contributed by atoms with Crippen molar-refractivity contribution in [2.45, 2.75) is 42.0 Å². The summed E-state index contributed by atoms with van der Waals surface area (Å²) in [6, 6.07) is 14.4. The van der Waals surface area contributed by atoms with Gasteiger partial charge in [0.15, 0.2) is 5.16 Å². The van der Waals surface area contributed by atoms with Crippen LogP contribution in [0, 0.1) is 0 Å². The Hall–Kier alpha value is -2.62. The molecule has 32 heavy (non-hydrogen) atoms. The van der Waals surface area contributed by atoms with Gasteiger partial charge >= 0.3 is 0 Å². The number of benzene rings is 2. The number of nitrogens with zero attached hydrogens (tertiary/aromatic N) is 3. The van der Waals surface area contributed by atoms with E-state index in [1.54, 1.807) is 25.3 Å². The number of amides is 1. The van der Waals surface area contributed by atoms with Crippen molar-refractivity contribution in [2.24, 2.45) is 0 Å². The summed E-state index contributed by atoms with van der Waals surface area (Å²) in [5.74, 6) is 0.110. The lowest BCUT2D eigenvalue weighted by Crippen LogP contribution is -2.24. The Kier molecular flexibility index (Phi) is 7.43. The second kappa shape index (κ2) is 9.89. The second-order valence-corrected chi connectivity index (χ2v) is 11.3. The van der Waals surface area contributed by atoms with Crippen molar-refractivity contribution < 1.29 is 13.2 Å². The number of thioether (sulfide) groups is 1. The Balaban J connectivity index is 1.77. The first-order valence-electron chi connectivity index (χ1n) is 10.2. The van der Waals surface area contributed by atoms with Gasteiger partial charge in [0.25, 0.3) is 0 Å². The number of carbonyl (C=O) groups is 1. The summed E-state index contributed by atoms with van der Waals surface area (Å²) < 4.78 is 27.9. The molecule has 0 aliphatic rings. The van der Waals surface area contributed by atoms with E-state index >= 15 is 0 Å². The molecule has 1 atom stereocenters. The fraction of sp³-hybridized carbons (Fsp3) is 0.304. The standard InChI is InChI=1S/C23H28N4O3S2/c1-16(2)20-11-6-7-12-21(20)27-14-13-24-23(27)31-17(3)22(28)25-18-9-8-10-19(15-18)32(29,30)26(4)5/h6-17H,1-5H3,(H,25,28). The predicted octanol–water partition coefficient (Wildman–Crippen LogP) is 4.37. The molecule has 3 rings (SSSR count). The molecule has 0 radical (unpaired) electrons. The minimum absolute atomic E-state index is 0.126. The van der Waals surface area contributed by atoms with E-state index in [1.165, 1.54) is 43.6 Å². The highest BCUT2D eigenvalue weighted by Gasteiger charge is 2.21. The Morgan fingerprint density at radius 1 is 1.09 bits per heavy atom. The third-order valence-electron chi connectivity index (χ3n) is 4.96. The molecule has 0 saturated heterocycles. The smallest absolute Gasteiger partial charge is 0.242 e. The molecule has 0 fully saturated rings. The molecule has 0 aliphatic heterocycles. The van der Waals surface area contributed by atoms with Crippen LogP contribution in [0.3, 0.4) is 0 Å². The lowest BCUT2D eigenvalue weighted by atomic mass is 10.0. The van der Waals surface area contributed by atoms with Gasteiger partial charge in [-0.25, -0.2) is 17.7 Å². The molecule has 1 amide bonds. The van der Waals surface area contributed by atoms with Gasteiger partial charge in [-0.2, -0.15) is 0 Å². The van der Waals surface area contributed by atoms with E-state index in [-0.39, 0.29) is 10.8 Å². The molecule has 1 unspecified atom stereocenters. The maximum Gasteiger partial charge on any atom is 0.242 e. The number of carbonyl (C=O) groups excluding carboxylic acids is 1. The number of rotatable bonds is 8. The summed E-state index contributed by atoms with van der Waals surface area (Å²) in [5.41, 5.74) is 2.67. The first-order valence-corrected chi connectivity index (χ1v) is 12.6. The van der Waals surface area contributed by atoms with Crippen LogP contribution >= 0.6 is 11.8 Å². The van der Waals surface area contributed by atoms with Crippen LogP contribution in [0.15, 0.2) is 71.0 Å². The maximum atomic E-state index is 12.8. The molecule has 1 aromatic heterocycles. The van der Waals surface area contributed by atoms with Crippen LogP contribution in [0.5, 0.6) is 0 Å². The normalized spacial score (nSPS) is 12.8. The lowest BCUT2D eigenvalue weighted by Gasteiger charge is -2.17. The van der Waals surface area contributed by atoms with Gasteiger partial charge in [0.05, 0.1) is 15.8 Å². The molecular formula is C23H28N4O3S2. The summed E-state index contributed by atoms with van der Waals surface area (Å²) in [5, 5.41) is 3.08. The number of hydrogen-bond donors (Lipinski definition) is 1. The number of imidazole rings is 1. The zero-order valence-corrected chi connectivity index (χ0v) is 20.4. The van der Waals surface area contributed by atoms with Gasteiger partial charge < -0.3 is 5.32 Å². The number of para-hydroxylation sites is 1. The number of aromatic nitrogens is 2. The molecule has 9 heteroatoms. The van der Waals surface area contributed by atoms with Crippen molar-refractivity contribution in [3.8, 4) is 5.69 Å².